The number of nitriles is 1. The van der Waals surface area contributed by atoms with Crippen LogP contribution in [0.25, 0.3) is 11.3 Å². The molecular weight excluding hydrogens is 487 g/mol. The van der Waals surface area contributed by atoms with Crippen molar-refractivity contribution in [2.24, 2.45) is 0 Å². The third kappa shape index (κ3) is 4.00. The quantitative estimate of drug-likeness (QED) is 0.500. The predicted molar refractivity (Wildman–Crippen MR) is 126 cm³/mol. The summed E-state index contributed by atoms with van der Waals surface area (Å²) in [5.74, 6) is -0.0116. The number of hydrogen-bond donors (Lipinski definition) is 0. The number of hydrogen-bond acceptors (Lipinski definition) is 5. The predicted octanol–water partition coefficient (Wildman–Crippen LogP) is 4.96. The van der Waals surface area contributed by atoms with Gasteiger partial charge in [-0.2, -0.15) is 18.4 Å². The standard InChI is InChI=1S/C26H20F3N5O3/c1-32-9-8-20-22(24(32)35)23(18-7-6-15(12-30)10-19(18)21-13-31-14-37-21)33(2)25(36)34(20)17-5-3-4-16(11-17)26(27,28)29/h3-7,10-11,13-14,23H,8-9H2,1-2H3. The summed E-state index contributed by atoms with van der Waals surface area (Å²) in [4.78, 5) is 35.3. The summed E-state index contributed by atoms with van der Waals surface area (Å²) >= 11 is 0. The molecule has 0 spiro atoms. The summed E-state index contributed by atoms with van der Waals surface area (Å²) in [7, 11) is 3.12. The molecule has 37 heavy (non-hydrogen) atoms. The van der Waals surface area contributed by atoms with E-state index in [1.807, 2.05) is 0 Å². The van der Waals surface area contributed by atoms with Crippen molar-refractivity contribution < 1.29 is 27.2 Å². The number of benzene rings is 2. The van der Waals surface area contributed by atoms with Crippen molar-refractivity contribution in [1.29, 1.82) is 5.26 Å². The summed E-state index contributed by atoms with van der Waals surface area (Å²) in [5.41, 5.74) is 1.05. The van der Waals surface area contributed by atoms with E-state index in [1.165, 1.54) is 46.5 Å². The van der Waals surface area contributed by atoms with Gasteiger partial charge in [-0.15, -0.1) is 0 Å². The zero-order valence-corrected chi connectivity index (χ0v) is 19.8. The molecule has 0 saturated carbocycles. The second-order valence-corrected chi connectivity index (χ2v) is 8.80. The SMILES string of the molecule is CN1CCC2=C(C1=O)C(c1ccc(C#N)cc1-c1cnco1)N(C)C(=O)N2c1cccc(C(F)(F)F)c1. The number of amides is 3. The van der Waals surface area contributed by atoms with Gasteiger partial charge in [-0.3, -0.25) is 9.69 Å². The summed E-state index contributed by atoms with van der Waals surface area (Å²) < 4.78 is 45.8. The minimum Gasteiger partial charge on any atom is -0.444 e. The Morgan fingerprint density at radius 2 is 1.92 bits per heavy atom. The molecule has 11 heteroatoms. The van der Waals surface area contributed by atoms with Gasteiger partial charge in [0, 0.05) is 38.3 Å². The fourth-order valence-electron chi connectivity index (χ4n) is 4.80. The Hall–Kier alpha value is -4.59. The zero-order valence-electron chi connectivity index (χ0n) is 19.8. The normalized spacial score (nSPS) is 18.3. The van der Waals surface area contributed by atoms with E-state index in [1.54, 1.807) is 25.2 Å². The van der Waals surface area contributed by atoms with E-state index in [0.717, 1.165) is 12.1 Å². The molecule has 0 saturated heterocycles. The molecule has 5 rings (SSSR count). The van der Waals surface area contributed by atoms with Crippen LogP contribution >= 0.6 is 0 Å². The number of aromatic nitrogens is 1. The van der Waals surface area contributed by atoms with Gasteiger partial charge in [0.1, 0.15) is 0 Å². The molecule has 8 nitrogen and oxygen atoms in total. The average Bonchev–Trinajstić information content (AvgIpc) is 3.42. The highest BCUT2D eigenvalue weighted by Crippen LogP contribution is 2.45. The van der Waals surface area contributed by atoms with Gasteiger partial charge in [-0.05, 0) is 35.9 Å². The van der Waals surface area contributed by atoms with Crippen LogP contribution in [0.1, 0.15) is 29.2 Å². The van der Waals surface area contributed by atoms with Crippen molar-refractivity contribution in [2.75, 3.05) is 25.5 Å². The number of alkyl halides is 3. The second-order valence-electron chi connectivity index (χ2n) is 8.80. The highest BCUT2D eigenvalue weighted by molar-refractivity contribution is 6.06. The third-order valence-electron chi connectivity index (χ3n) is 6.60. The molecule has 0 bridgehead atoms. The lowest BCUT2D eigenvalue weighted by Crippen LogP contribution is -2.53. The zero-order chi connectivity index (χ0) is 26.5. The number of anilines is 1. The van der Waals surface area contributed by atoms with Gasteiger partial charge < -0.3 is 14.2 Å². The van der Waals surface area contributed by atoms with Crippen molar-refractivity contribution in [3.8, 4) is 17.4 Å². The first-order valence-electron chi connectivity index (χ1n) is 11.3. The van der Waals surface area contributed by atoms with Crippen LogP contribution in [-0.4, -0.2) is 47.4 Å². The van der Waals surface area contributed by atoms with Gasteiger partial charge in [0.2, 0.25) is 0 Å². The molecule has 3 amide bonds. The number of likely N-dealkylation sites (N-methyl/N-ethyl adjacent to an activating group) is 2. The maximum absolute atomic E-state index is 13.8. The molecule has 1 atom stereocenters. The van der Waals surface area contributed by atoms with E-state index in [-0.39, 0.29) is 23.6 Å². The van der Waals surface area contributed by atoms with Gasteiger partial charge in [-0.1, -0.05) is 12.1 Å². The van der Waals surface area contributed by atoms with Gasteiger partial charge in [0.15, 0.2) is 12.2 Å². The van der Waals surface area contributed by atoms with Crippen molar-refractivity contribution >= 4 is 17.6 Å². The molecule has 2 aliphatic rings. The fraction of sp³-hybridized carbons (Fsp3) is 0.231. The lowest BCUT2D eigenvalue weighted by molar-refractivity contribution is -0.137. The van der Waals surface area contributed by atoms with Crippen LogP contribution in [0, 0.1) is 11.3 Å². The molecule has 188 valence electrons. The molecule has 0 fully saturated rings. The van der Waals surface area contributed by atoms with E-state index >= 15 is 0 Å². The highest BCUT2D eigenvalue weighted by Gasteiger charge is 2.45. The number of carbonyl (C=O) groups excluding carboxylic acids is 2. The number of halogens is 3. The second kappa shape index (κ2) is 8.81. The molecule has 1 unspecified atom stereocenters. The van der Waals surface area contributed by atoms with Crippen LogP contribution < -0.4 is 4.90 Å². The van der Waals surface area contributed by atoms with E-state index in [2.05, 4.69) is 11.1 Å². The van der Waals surface area contributed by atoms with Crippen molar-refractivity contribution in [1.82, 2.24) is 14.8 Å². The molecule has 3 aromatic rings. The van der Waals surface area contributed by atoms with E-state index in [4.69, 9.17) is 4.42 Å². The molecule has 2 aliphatic heterocycles. The molecular formula is C26H20F3N5O3. The Bertz CT molecular complexity index is 1470. The van der Waals surface area contributed by atoms with Crippen LogP contribution in [0.2, 0.25) is 0 Å². The number of oxazole rings is 1. The number of rotatable bonds is 3. The Morgan fingerprint density at radius 3 is 2.59 bits per heavy atom. The molecule has 2 aromatic carbocycles. The maximum atomic E-state index is 13.8. The first-order valence-corrected chi connectivity index (χ1v) is 11.3. The van der Waals surface area contributed by atoms with Crippen molar-refractivity contribution in [3.05, 3.63) is 83.0 Å². The summed E-state index contributed by atoms with van der Waals surface area (Å²) in [5, 5.41) is 9.44. The third-order valence-corrected chi connectivity index (χ3v) is 6.60. The number of carbonyl (C=O) groups is 2. The number of urea groups is 1. The van der Waals surface area contributed by atoms with Crippen LogP contribution in [0.5, 0.6) is 0 Å². The first kappa shape index (κ1) is 24.1. The molecule has 0 aliphatic carbocycles. The largest absolute Gasteiger partial charge is 0.444 e. The Labute approximate surface area is 209 Å². The maximum Gasteiger partial charge on any atom is 0.416 e. The van der Waals surface area contributed by atoms with Gasteiger partial charge in [0.25, 0.3) is 5.91 Å². The molecule has 0 N–H and O–H groups in total. The van der Waals surface area contributed by atoms with Gasteiger partial charge in [0.05, 0.1) is 40.7 Å². The molecule has 1 aromatic heterocycles. The smallest absolute Gasteiger partial charge is 0.416 e. The fourth-order valence-corrected chi connectivity index (χ4v) is 4.80. The Balaban J connectivity index is 1.74. The van der Waals surface area contributed by atoms with Crippen LogP contribution in [-0.2, 0) is 11.0 Å². The monoisotopic (exact) mass is 507 g/mol. The average molecular weight is 507 g/mol. The number of nitrogens with zero attached hydrogens (tertiary/aromatic N) is 5. The van der Waals surface area contributed by atoms with Crippen molar-refractivity contribution in [3.63, 3.8) is 0 Å². The van der Waals surface area contributed by atoms with E-state index in [9.17, 15) is 28.0 Å². The molecule has 3 heterocycles. The van der Waals surface area contributed by atoms with Crippen molar-refractivity contribution in [2.45, 2.75) is 18.6 Å². The first-order chi connectivity index (χ1) is 17.6. The summed E-state index contributed by atoms with van der Waals surface area (Å²) in [6.45, 7) is 0.291. The lowest BCUT2D eigenvalue weighted by atomic mass is 9.85. The van der Waals surface area contributed by atoms with E-state index < -0.39 is 23.8 Å². The van der Waals surface area contributed by atoms with Gasteiger partial charge in [-0.25, -0.2) is 9.78 Å². The van der Waals surface area contributed by atoms with E-state index in [0.29, 0.717) is 34.7 Å². The highest BCUT2D eigenvalue weighted by atomic mass is 19.4. The Kier molecular flexibility index (Phi) is 5.75. The Morgan fingerprint density at radius 1 is 1.14 bits per heavy atom. The summed E-state index contributed by atoms with van der Waals surface area (Å²) in [6, 6.07) is 9.89. The summed E-state index contributed by atoms with van der Waals surface area (Å²) in [6.07, 6.45) is -1.65. The molecule has 0 radical (unpaired) electrons. The lowest BCUT2D eigenvalue weighted by Gasteiger charge is -2.45. The topological polar surface area (TPSA) is 93.7 Å². The van der Waals surface area contributed by atoms with Crippen LogP contribution in [0.3, 0.4) is 0 Å². The minimum absolute atomic E-state index is 0.0188. The minimum atomic E-state index is -4.60. The van der Waals surface area contributed by atoms with Crippen LogP contribution in [0.15, 0.2) is 70.7 Å². The van der Waals surface area contributed by atoms with Crippen LogP contribution in [0.4, 0.5) is 23.7 Å². The van der Waals surface area contributed by atoms with Gasteiger partial charge >= 0.3 is 12.2 Å².